The number of carbonyl (C=O) groups is 2. The summed E-state index contributed by atoms with van der Waals surface area (Å²) in [6.45, 7) is 1.21. The van der Waals surface area contributed by atoms with Gasteiger partial charge in [-0.05, 0) is 19.3 Å². The van der Waals surface area contributed by atoms with Gasteiger partial charge in [0.2, 0.25) is 11.8 Å². The van der Waals surface area contributed by atoms with Gasteiger partial charge in [0.05, 0.1) is 12.6 Å². The van der Waals surface area contributed by atoms with Gasteiger partial charge in [-0.3, -0.25) is 9.59 Å². The lowest BCUT2D eigenvalue weighted by atomic mass is 10.1. The zero-order valence-electron chi connectivity index (χ0n) is 10.2. The summed E-state index contributed by atoms with van der Waals surface area (Å²) in [5.74, 6) is -0.331. The maximum Gasteiger partial charge on any atom is 0.241 e. The highest BCUT2D eigenvalue weighted by molar-refractivity contribution is 5.91. The number of nitrogens with zero attached hydrogens (tertiary/aromatic N) is 2. The van der Waals surface area contributed by atoms with Gasteiger partial charge >= 0.3 is 0 Å². The second-order valence-corrected chi connectivity index (χ2v) is 5.05. The topological polar surface area (TPSA) is 93.4 Å². The molecule has 0 aromatic rings. The van der Waals surface area contributed by atoms with E-state index in [1.54, 1.807) is 4.90 Å². The van der Waals surface area contributed by atoms with E-state index in [0.717, 1.165) is 6.42 Å². The van der Waals surface area contributed by atoms with Gasteiger partial charge in [0.1, 0.15) is 5.41 Å². The molecular weight excluding hydrogens is 234 g/mol. The van der Waals surface area contributed by atoms with E-state index < -0.39 is 5.41 Å². The van der Waals surface area contributed by atoms with Crippen LogP contribution in [0.4, 0.5) is 0 Å². The van der Waals surface area contributed by atoms with Gasteiger partial charge < -0.3 is 15.3 Å². The molecule has 1 heterocycles. The molecule has 2 fully saturated rings. The van der Waals surface area contributed by atoms with Crippen molar-refractivity contribution < 1.29 is 14.7 Å². The van der Waals surface area contributed by atoms with E-state index in [1.165, 1.54) is 0 Å². The minimum absolute atomic E-state index is 0.0551. The van der Waals surface area contributed by atoms with Crippen molar-refractivity contribution in [3.8, 4) is 6.07 Å². The summed E-state index contributed by atoms with van der Waals surface area (Å²) in [5, 5.41) is 20.4. The zero-order valence-corrected chi connectivity index (χ0v) is 10.2. The van der Waals surface area contributed by atoms with Crippen LogP contribution >= 0.6 is 0 Å². The number of aliphatic hydroxyl groups is 1. The molecule has 2 rings (SSSR count). The summed E-state index contributed by atoms with van der Waals surface area (Å²) in [7, 11) is 0. The number of carbonyl (C=O) groups excluding carboxylic acids is 2. The summed E-state index contributed by atoms with van der Waals surface area (Å²) in [6.07, 6.45) is 1.97. The number of likely N-dealkylation sites (tertiary alicyclic amines) is 1. The Morgan fingerprint density at radius 1 is 1.50 bits per heavy atom. The normalized spacial score (nSPS) is 24.4. The number of amides is 2. The molecule has 0 aromatic carbocycles. The minimum atomic E-state index is -0.876. The summed E-state index contributed by atoms with van der Waals surface area (Å²) < 4.78 is 0. The van der Waals surface area contributed by atoms with Crippen molar-refractivity contribution in [2.24, 2.45) is 11.3 Å². The molecule has 98 valence electrons. The Bertz CT molecular complexity index is 398. The van der Waals surface area contributed by atoms with E-state index in [1.807, 2.05) is 6.07 Å². The van der Waals surface area contributed by atoms with Crippen molar-refractivity contribution in [3.05, 3.63) is 0 Å². The number of hydrogen-bond acceptors (Lipinski definition) is 4. The Balaban J connectivity index is 1.76. The van der Waals surface area contributed by atoms with Crippen LogP contribution < -0.4 is 5.32 Å². The van der Waals surface area contributed by atoms with E-state index in [2.05, 4.69) is 5.32 Å². The van der Waals surface area contributed by atoms with Crippen LogP contribution in [0.15, 0.2) is 0 Å². The fourth-order valence-corrected chi connectivity index (χ4v) is 2.16. The van der Waals surface area contributed by atoms with Crippen molar-refractivity contribution in [1.29, 1.82) is 5.26 Å². The smallest absolute Gasteiger partial charge is 0.241 e. The maximum atomic E-state index is 11.8. The molecule has 0 bridgehead atoms. The van der Waals surface area contributed by atoms with Gasteiger partial charge in [0.25, 0.3) is 0 Å². The first-order valence-electron chi connectivity index (χ1n) is 6.19. The lowest BCUT2D eigenvalue weighted by Gasteiger charge is -2.17. The quantitative estimate of drug-likeness (QED) is 0.687. The molecule has 6 heteroatoms. The van der Waals surface area contributed by atoms with Crippen molar-refractivity contribution in [3.63, 3.8) is 0 Å². The molecule has 1 saturated heterocycles. The van der Waals surface area contributed by atoms with Crippen molar-refractivity contribution in [1.82, 2.24) is 10.2 Å². The Morgan fingerprint density at radius 3 is 2.72 bits per heavy atom. The number of rotatable bonds is 4. The van der Waals surface area contributed by atoms with Crippen LogP contribution in [0, 0.1) is 22.7 Å². The standard InChI is InChI=1S/C12H17N3O3/c13-8-12(2-3-12)11(18)14-5-10(17)15-4-1-9(6-15)7-16/h9,16H,1-7H2,(H,14,18). The Labute approximate surface area is 106 Å². The van der Waals surface area contributed by atoms with Gasteiger partial charge in [-0.2, -0.15) is 5.26 Å². The molecule has 1 atom stereocenters. The summed E-state index contributed by atoms with van der Waals surface area (Å²) in [6, 6.07) is 1.99. The molecule has 2 N–H and O–H groups in total. The van der Waals surface area contributed by atoms with E-state index in [-0.39, 0.29) is 30.9 Å². The highest BCUT2D eigenvalue weighted by Crippen LogP contribution is 2.44. The highest BCUT2D eigenvalue weighted by atomic mass is 16.3. The number of aliphatic hydroxyl groups excluding tert-OH is 1. The van der Waals surface area contributed by atoms with Crippen LogP contribution in [0.3, 0.4) is 0 Å². The van der Waals surface area contributed by atoms with Gasteiger partial charge in [-0.15, -0.1) is 0 Å². The molecule has 1 saturated carbocycles. The zero-order chi connectivity index (χ0) is 13.2. The van der Waals surface area contributed by atoms with Crippen molar-refractivity contribution >= 4 is 11.8 Å². The molecule has 0 aromatic heterocycles. The van der Waals surface area contributed by atoms with Crippen LogP contribution in [-0.2, 0) is 9.59 Å². The molecule has 1 unspecified atom stereocenters. The monoisotopic (exact) mass is 251 g/mol. The number of nitriles is 1. The molecular formula is C12H17N3O3. The Hall–Kier alpha value is -1.61. The first kappa shape index (κ1) is 12.8. The van der Waals surface area contributed by atoms with Crippen molar-refractivity contribution in [2.45, 2.75) is 19.3 Å². The average molecular weight is 251 g/mol. The third-order valence-electron chi connectivity index (χ3n) is 3.70. The molecule has 18 heavy (non-hydrogen) atoms. The third-order valence-corrected chi connectivity index (χ3v) is 3.70. The third kappa shape index (κ3) is 2.46. The molecule has 1 aliphatic heterocycles. The fourth-order valence-electron chi connectivity index (χ4n) is 2.16. The predicted molar refractivity (Wildman–Crippen MR) is 62.1 cm³/mol. The van der Waals surface area contributed by atoms with Gasteiger partial charge in [0, 0.05) is 25.6 Å². The molecule has 1 aliphatic carbocycles. The average Bonchev–Trinajstić information content (AvgIpc) is 3.05. The lowest BCUT2D eigenvalue weighted by Crippen LogP contribution is -2.41. The lowest BCUT2D eigenvalue weighted by molar-refractivity contribution is -0.133. The number of nitrogens with one attached hydrogen (secondary N) is 1. The van der Waals surface area contributed by atoms with Gasteiger partial charge in [-0.1, -0.05) is 0 Å². The van der Waals surface area contributed by atoms with Crippen molar-refractivity contribution in [2.75, 3.05) is 26.2 Å². The molecule has 0 radical (unpaired) electrons. The second kappa shape index (κ2) is 4.94. The molecule has 6 nitrogen and oxygen atoms in total. The summed E-state index contributed by atoms with van der Waals surface area (Å²) >= 11 is 0. The SMILES string of the molecule is N#CC1(C(=O)NCC(=O)N2CCC(CO)C2)CC1. The number of hydrogen-bond donors (Lipinski definition) is 2. The van der Waals surface area contributed by atoms with E-state index in [9.17, 15) is 9.59 Å². The molecule has 2 amide bonds. The van der Waals surface area contributed by atoms with Gasteiger partial charge in [-0.25, -0.2) is 0 Å². The first-order chi connectivity index (χ1) is 8.61. The van der Waals surface area contributed by atoms with Crippen LogP contribution in [0.25, 0.3) is 0 Å². The first-order valence-corrected chi connectivity index (χ1v) is 6.19. The van der Waals surface area contributed by atoms with Crippen LogP contribution in [-0.4, -0.2) is 48.1 Å². The van der Waals surface area contributed by atoms with Gasteiger partial charge in [0.15, 0.2) is 0 Å². The van der Waals surface area contributed by atoms with E-state index >= 15 is 0 Å². The summed E-state index contributed by atoms with van der Waals surface area (Å²) in [5.41, 5.74) is -0.876. The maximum absolute atomic E-state index is 11.8. The predicted octanol–water partition coefficient (Wildman–Crippen LogP) is -0.753. The molecule has 0 spiro atoms. The largest absolute Gasteiger partial charge is 0.396 e. The highest BCUT2D eigenvalue weighted by Gasteiger charge is 2.50. The minimum Gasteiger partial charge on any atom is -0.396 e. The van der Waals surface area contributed by atoms with Crippen LogP contribution in [0.1, 0.15) is 19.3 Å². The fraction of sp³-hybridized carbons (Fsp3) is 0.750. The Kier molecular flexibility index (Phi) is 3.53. The van der Waals surface area contributed by atoms with Crippen LogP contribution in [0.2, 0.25) is 0 Å². The van der Waals surface area contributed by atoms with E-state index in [4.69, 9.17) is 10.4 Å². The van der Waals surface area contributed by atoms with E-state index in [0.29, 0.717) is 25.9 Å². The second-order valence-electron chi connectivity index (χ2n) is 5.05. The summed E-state index contributed by atoms with van der Waals surface area (Å²) in [4.78, 5) is 25.1. The Morgan fingerprint density at radius 2 is 2.22 bits per heavy atom. The van der Waals surface area contributed by atoms with Crippen LogP contribution in [0.5, 0.6) is 0 Å². The molecule has 2 aliphatic rings.